The van der Waals surface area contributed by atoms with Crippen molar-refractivity contribution in [2.75, 3.05) is 46.9 Å². The van der Waals surface area contributed by atoms with E-state index in [1.807, 2.05) is 6.07 Å². The lowest BCUT2D eigenvalue weighted by atomic mass is 10.0. The Morgan fingerprint density at radius 2 is 1.96 bits per heavy atom. The lowest BCUT2D eigenvalue weighted by Gasteiger charge is -2.33. The fraction of sp³-hybridized carbons (Fsp3) is 0.600. The molecule has 0 saturated carbocycles. The maximum atomic E-state index is 12.4. The van der Waals surface area contributed by atoms with Gasteiger partial charge in [0.25, 0.3) is 0 Å². The summed E-state index contributed by atoms with van der Waals surface area (Å²) in [4.78, 5) is 20.1. The number of piperidine rings is 1. The summed E-state index contributed by atoms with van der Waals surface area (Å²) in [5.74, 6) is 0.541. The minimum Gasteiger partial charge on any atom is -0.356 e. The van der Waals surface area contributed by atoms with Crippen LogP contribution in [0.3, 0.4) is 0 Å². The molecule has 2 N–H and O–H groups in total. The summed E-state index contributed by atoms with van der Waals surface area (Å²) in [5.41, 5.74) is 1.33. The number of amides is 1. The van der Waals surface area contributed by atoms with Crippen molar-refractivity contribution in [2.45, 2.75) is 31.8 Å². The second kappa shape index (κ2) is 11.5. The van der Waals surface area contributed by atoms with E-state index in [0.29, 0.717) is 25.0 Å². The molecule has 1 heterocycles. The summed E-state index contributed by atoms with van der Waals surface area (Å²) in [7, 11) is 3.42. The summed E-state index contributed by atoms with van der Waals surface area (Å²) in [5, 5.41) is 6.54. The maximum absolute atomic E-state index is 12.4. The highest BCUT2D eigenvalue weighted by Crippen LogP contribution is 2.13. The number of nitrogens with zero attached hydrogens (tertiary/aromatic N) is 3. The molecule has 1 aliphatic rings. The fourth-order valence-electron chi connectivity index (χ4n) is 2.98. The molecule has 1 fully saturated rings. The van der Waals surface area contributed by atoms with Gasteiger partial charge in [-0.05, 0) is 24.8 Å². The molecular weight excluding hydrogens is 345 g/mol. The first-order valence-corrected chi connectivity index (χ1v) is 9.65. The fourth-order valence-corrected chi connectivity index (χ4v) is 2.98. The van der Waals surface area contributed by atoms with Crippen LogP contribution in [0, 0.1) is 0 Å². The van der Waals surface area contributed by atoms with Gasteiger partial charge < -0.3 is 15.5 Å². The molecule has 0 bridgehead atoms. The Hall–Kier alpha value is -2.15. The van der Waals surface area contributed by atoms with Crippen LogP contribution in [0.4, 0.5) is 4.39 Å². The van der Waals surface area contributed by atoms with E-state index in [1.165, 1.54) is 10.5 Å². The number of carbonyl (C=O) groups excluding carboxylic acids is 1. The van der Waals surface area contributed by atoms with Gasteiger partial charge in [-0.15, -0.1) is 0 Å². The number of likely N-dealkylation sites (tertiary alicyclic amines) is 1. The molecule has 6 nitrogen and oxygen atoms in total. The third-order valence-corrected chi connectivity index (χ3v) is 4.65. The predicted octanol–water partition coefficient (Wildman–Crippen LogP) is 1.63. The van der Waals surface area contributed by atoms with Crippen molar-refractivity contribution in [3.63, 3.8) is 0 Å². The zero-order chi connectivity index (χ0) is 19.5. The van der Waals surface area contributed by atoms with Gasteiger partial charge in [0.05, 0.1) is 6.67 Å². The average molecular weight is 378 g/mol. The lowest BCUT2D eigenvalue weighted by molar-refractivity contribution is -0.127. The number of halogens is 1. The molecule has 0 unspecified atom stereocenters. The van der Waals surface area contributed by atoms with Gasteiger partial charge in [-0.3, -0.25) is 14.1 Å². The summed E-state index contributed by atoms with van der Waals surface area (Å²) in [6.45, 7) is 3.23. The van der Waals surface area contributed by atoms with Gasteiger partial charge in [0, 0.05) is 46.3 Å². The van der Waals surface area contributed by atoms with Gasteiger partial charge in [0.15, 0.2) is 5.96 Å². The molecule has 1 aromatic carbocycles. The minimum absolute atomic E-state index is 0.0562. The largest absolute Gasteiger partial charge is 0.356 e. The zero-order valence-corrected chi connectivity index (χ0v) is 16.5. The van der Waals surface area contributed by atoms with Crippen LogP contribution < -0.4 is 10.6 Å². The third kappa shape index (κ3) is 7.95. The van der Waals surface area contributed by atoms with Crippen LogP contribution in [0.15, 0.2) is 35.3 Å². The van der Waals surface area contributed by atoms with Gasteiger partial charge in [-0.1, -0.05) is 30.3 Å². The first-order valence-electron chi connectivity index (χ1n) is 9.65. The number of hydrogen-bond donors (Lipinski definition) is 2. The molecule has 0 spiro atoms. The van der Waals surface area contributed by atoms with E-state index < -0.39 is 0 Å². The zero-order valence-electron chi connectivity index (χ0n) is 16.5. The average Bonchev–Trinajstić information content (AvgIpc) is 2.68. The highest BCUT2D eigenvalue weighted by atomic mass is 19.1. The number of nitrogens with one attached hydrogen (secondary N) is 2. The van der Waals surface area contributed by atoms with Crippen molar-refractivity contribution in [3.05, 3.63) is 35.9 Å². The SMILES string of the molecule is CN(C)C(=O)CN=C(NCCCF)NC1CCN(Cc2ccccc2)CC1. The van der Waals surface area contributed by atoms with Crippen molar-refractivity contribution in [2.24, 2.45) is 4.99 Å². The molecule has 1 saturated heterocycles. The highest BCUT2D eigenvalue weighted by molar-refractivity contribution is 5.84. The number of aliphatic imine (C=N–C) groups is 1. The molecule has 0 radical (unpaired) electrons. The number of guanidine groups is 1. The predicted molar refractivity (Wildman–Crippen MR) is 107 cm³/mol. The van der Waals surface area contributed by atoms with Crippen LogP contribution in [-0.4, -0.2) is 74.7 Å². The van der Waals surface area contributed by atoms with Crippen LogP contribution in [0.1, 0.15) is 24.8 Å². The van der Waals surface area contributed by atoms with Crippen molar-refractivity contribution < 1.29 is 9.18 Å². The number of alkyl halides is 1. The van der Waals surface area contributed by atoms with Crippen molar-refractivity contribution in [1.29, 1.82) is 0 Å². The maximum Gasteiger partial charge on any atom is 0.243 e. The van der Waals surface area contributed by atoms with Gasteiger partial charge in [-0.2, -0.15) is 0 Å². The number of carbonyl (C=O) groups is 1. The number of benzene rings is 1. The Kier molecular flexibility index (Phi) is 9.04. The highest BCUT2D eigenvalue weighted by Gasteiger charge is 2.20. The Morgan fingerprint density at radius 3 is 2.59 bits per heavy atom. The number of hydrogen-bond acceptors (Lipinski definition) is 3. The van der Waals surface area contributed by atoms with E-state index in [1.54, 1.807) is 14.1 Å². The summed E-state index contributed by atoms with van der Waals surface area (Å²) in [6, 6.07) is 10.8. The normalized spacial score (nSPS) is 16.2. The molecule has 1 aliphatic heterocycles. The molecule has 27 heavy (non-hydrogen) atoms. The van der Waals surface area contributed by atoms with Gasteiger partial charge >= 0.3 is 0 Å². The summed E-state index contributed by atoms with van der Waals surface area (Å²) >= 11 is 0. The lowest BCUT2D eigenvalue weighted by Crippen LogP contribution is -2.49. The van der Waals surface area contributed by atoms with Crippen molar-refractivity contribution in [1.82, 2.24) is 20.4 Å². The molecule has 150 valence electrons. The Morgan fingerprint density at radius 1 is 1.26 bits per heavy atom. The Labute approximate surface area is 161 Å². The van der Waals surface area contributed by atoms with E-state index in [-0.39, 0.29) is 19.1 Å². The van der Waals surface area contributed by atoms with Gasteiger partial charge in [-0.25, -0.2) is 4.99 Å². The number of likely N-dealkylation sites (N-methyl/N-ethyl adjacent to an activating group) is 1. The molecule has 2 rings (SSSR count). The first kappa shape index (κ1) is 21.2. The number of rotatable bonds is 8. The van der Waals surface area contributed by atoms with Crippen LogP contribution in [0.2, 0.25) is 0 Å². The molecule has 0 aliphatic carbocycles. The van der Waals surface area contributed by atoms with Gasteiger partial charge in [0.1, 0.15) is 6.54 Å². The Bertz CT molecular complexity index is 585. The van der Waals surface area contributed by atoms with Gasteiger partial charge in [0.2, 0.25) is 5.91 Å². The van der Waals surface area contributed by atoms with Crippen LogP contribution in [-0.2, 0) is 11.3 Å². The van der Waals surface area contributed by atoms with E-state index >= 15 is 0 Å². The van der Waals surface area contributed by atoms with E-state index in [2.05, 4.69) is 44.8 Å². The topological polar surface area (TPSA) is 60.0 Å². The van der Waals surface area contributed by atoms with Crippen LogP contribution in [0.25, 0.3) is 0 Å². The molecular formula is C20H32FN5O. The molecule has 0 atom stereocenters. The smallest absolute Gasteiger partial charge is 0.243 e. The molecule has 7 heteroatoms. The third-order valence-electron chi connectivity index (χ3n) is 4.65. The first-order chi connectivity index (χ1) is 13.1. The van der Waals surface area contributed by atoms with Crippen molar-refractivity contribution >= 4 is 11.9 Å². The quantitative estimate of drug-likeness (QED) is 0.411. The van der Waals surface area contributed by atoms with Crippen LogP contribution in [0.5, 0.6) is 0 Å². The molecule has 0 aromatic heterocycles. The summed E-state index contributed by atoms with van der Waals surface area (Å²) in [6.07, 6.45) is 2.45. The van der Waals surface area contributed by atoms with E-state index in [9.17, 15) is 9.18 Å². The second-order valence-corrected chi connectivity index (χ2v) is 7.10. The van der Waals surface area contributed by atoms with Crippen LogP contribution >= 0.6 is 0 Å². The molecule has 1 amide bonds. The minimum atomic E-state index is -0.366. The second-order valence-electron chi connectivity index (χ2n) is 7.10. The van der Waals surface area contributed by atoms with Crippen molar-refractivity contribution in [3.8, 4) is 0 Å². The monoisotopic (exact) mass is 377 g/mol. The Balaban J connectivity index is 1.82. The van der Waals surface area contributed by atoms with E-state index in [4.69, 9.17) is 0 Å². The standard InChI is InChI=1S/C20H32FN5O/c1-25(2)19(27)15-23-20(22-12-6-11-21)24-18-9-13-26(14-10-18)16-17-7-4-3-5-8-17/h3-5,7-8,18H,6,9-16H2,1-2H3,(H2,22,23,24). The molecule has 1 aromatic rings. The van der Waals surface area contributed by atoms with E-state index in [0.717, 1.165) is 32.5 Å². The summed E-state index contributed by atoms with van der Waals surface area (Å²) < 4.78 is 12.4.